The summed E-state index contributed by atoms with van der Waals surface area (Å²) in [5.41, 5.74) is 1.64. The van der Waals surface area contributed by atoms with E-state index in [-0.39, 0.29) is 5.82 Å². The summed E-state index contributed by atoms with van der Waals surface area (Å²) < 4.78 is 0. The molecule has 0 saturated carbocycles. The fourth-order valence-electron chi connectivity index (χ4n) is 1.17. The van der Waals surface area contributed by atoms with Crippen molar-refractivity contribution in [2.24, 2.45) is 5.16 Å². The second kappa shape index (κ2) is 4.28. The largest absolute Gasteiger partial charge is 0.411 e. The van der Waals surface area contributed by atoms with E-state index in [1.807, 2.05) is 30.3 Å². The lowest BCUT2D eigenvalue weighted by Gasteiger charge is -1.98. The molecule has 1 aromatic carbocycles. The van der Waals surface area contributed by atoms with Crippen molar-refractivity contribution in [3.05, 3.63) is 42.4 Å². The first kappa shape index (κ1) is 9.26. The van der Waals surface area contributed by atoms with Crippen LogP contribution in [0.15, 0.2) is 41.7 Å². The molecule has 0 aliphatic rings. The topological polar surface area (TPSA) is 71.3 Å². The quantitative estimate of drug-likeness (QED) is 0.451. The van der Waals surface area contributed by atoms with Gasteiger partial charge in [0, 0.05) is 5.56 Å². The van der Waals surface area contributed by atoms with Crippen LogP contribution in [0.4, 0.5) is 0 Å². The van der Waals surface area contributed by atoms with Crippen LogP contribution in [0.5, 0.6) is 0 Å². The molecule has 5 nitrogen and oxygen atoms in total. The Bertz CT molecular complexity index is 470. The lowest BCUT2D eigenvalue weighted by molar-refractivity contribution is 0.321. The van der Waals surface area contributed by atoms with E-state index in [9.17, 15) is 0 Å². The van der Waals surface area contributed by atoms with Crippen LogP contribution in [0.1, 0.15) is 5.82 Å². The van der Waals surface area contributed by atoms with Crippen molar-refractivity contribution in [2.75, 3.05) is 0 Å². The molecule has 2 aromatic rings. The van der Waals surface area contributed by atoms with Gasteiger partial charge in [0.05, 0.1) is 11.9 Å². The monoisotopic (exact) mass is 200 g/mol. The van der Waals surface area contributed by atoms with Gasteiger partial charge in [-0.1, -0.05) is 35.5 Å². The Morgan fingerprint density at radius 2 is 2.00 bits per heavy atom. The van der Waals surface area contributed by atoms with Crippen molar-refractivity contribution in [2.45, 2.75) is 0 Å². The minimum Gasteiger partial charge on any atom is -0.411 e. The predicted molar refractivity (Wildman–Crippen MR) is 54.6 cm³/mol. The predicted octanol–water partition coefficient (Wildman–Crippen LogP) is 1.35. The van der Waals surface area contributed by atoms with Crippen LogP contribution in [0, 0.1) is 0 Å². The molecule has 0 amide bonds. The van der Waals surface area contributed by atoms with E-state index in [1.165, 1.54) is 0 Å². The van der Waals surface area contributed by atoms with Gasteiger partial charge < -0.3 is 5.21 Å². The summed E-state index contributed by atoms with van der Waals surface area (Å²) in [6.07, 6.45) is 2.70. The third-order valence-electron chi connectivity index (χ3n) is 1.82. The Morgan fingerprint density at radius 3 is 2.73 bits per heavy atom. The van der Waals surface area contributed by atoms with E-state index >= 15 is 0 Å². The van der Waals surface area contributed by atoms with Gasteiger partial charge in [-0.15, -0.1) is 5.10 Å². The zero-order chi connectivity index (χ0) is 10.5. The maximum absolute atomic E-state index is 8.34. The van der Waals surface area contributed by atoms with E-state index in [1.54, 1.807) is 6.20 Å². The average Bonchev–Trinajstić information content (AvgIpc) is 2.31. The second-order valence-electron chi connectivity index (χ2n) is 2.81. The van der Waals surface area contributed by atoms with Gasteiger partial charge in [0.2, 0.25) is 0 Å². The minimum atomic E-state index is 0.277. The summed E-state index contributed by atoms with van der Waals surface area (Å²) in [4.78, 5) is 4.15. The molecule has 1 aromatic heterocycles. The summed E-state index contributed by atoms with van der Waals surface area (Å²) in [5, 5.41) is 18.6. The standard InChI is InChI=1S/C10H8N4O/c15-12-7-10-13-9(6-11-14-10)8-4-2-1-3-5-8/h1-7,15H. The summed E-state index contributed by atoms with van der Waals surface area (Å²) in [6, 6.07) is 9.59. The van der Waals surface area contributed by atoms with Crippen molar-refractivity contribution >= 4 is 6.21 Å². The maximum atomic E-state index is 8.34. The van der Waals surface area contributed by atoms with Crippen LogP contribution in [0.2, 0.25) is 0 Å². The summed E-state index contributed by atoms with van der Waals surface area (Å²) in [5.74, 6) is 0.277. The Labute approximate surface area is 86.1 Å². The van der Waals surface area contributed by atoms with Crippen molar-refractivity contribution in [1.82, 2.24) is 15.2 Å². The third-order valence-corrected chi connectivity index (χ3v) is 1.82. The van der Waals surface area contributed by atoms with Crippen molar-refractivity contribution < 1.29 is 5.21 Å². The molecular weight excluding hydrogens is 192 g/mol. The molecule has 2 rings (SSSR count). The minimum absolute atomic E-state index is 0.277. The molecule has 0 unspecified atom stereocenters. The average molecular weight is 200 g/mol. The van der Waals surface area contributed by atoms with Crippen LogP contribution < -0.4 is 0 Å². The van der Waals surface area contributed by atoms with Gasteiger partial charge in [0.1, 0.15) is 6.21 Å². The first-order valence-electron chi connectivity index (χ1n) is 4.33. The molecule has 1 heterocycles. The van der Waals surface area contributed by atoms with Gasteiger partial charge in [-0.2, -0.15) is 5.10 Å². The van der Waals surface area contributed by atoms with Crippen molar-refractivity contribution in [3.8, 4) is 11.3 Å². The summed E-state index contributed by atoms with van der Waals surface area (Å²) >= 11 is 0. The molecule has 0 spiro atoms. The molecule has 1 N–H and O–H groups in total. The number of rotatable bonds is 2. The van der Waals surface area contributed by atoms with E-state index in [0.29, 0.717) is 5.69 Å². The maximum Gasteiger partial charge on any atom is 0.196 e. The first-order valence-corrected chi connectivity index (χ1v) is 4.33. The fourth-order valence-corrected chi connectivity index (χ4v) is 1.17. The summed E-state index contributed by atoms with van der Waals surface area (Å²) in [6.45, 7) is 0. The number of oxime groups is 1. The highest BCUT2D eigenvalue weighted by atomic mass is 16.4. The van der Waals surface area contributed by atoms with Crippen molar-refractivity contribution in [3.63, 3.8) is 0 Å². The molecule has 0 saturated heterocycles. The zero-order valence-corrected chi connectivity index (χ0v) is 7.78. The number of aromatic nitrogens is 3. The summed E-state index contributed by atoms with van der Waals surface area (Å²) in [7, 11) is 0. The lowest BCUT2D eigenvalue weighted by atomic mass is 10.2. The number of hydrogen-bond acceptors (Lipinski definition) is 5. The molecule has 0 radical (unpaired) electrons. The second-order valence-corrected chi connectivity index (χ2v) is 2.81. The van der Waals surface area contributed by atoms with Crippen LogP contribution in [-0.4, -0.2) is 26.6 Å². The first-order chi connectivity index (χ1) is 7.40. The number of hydrogen-bond donors (Lipinski definition) is 1. The van der Waals surface area contributed by atoms with Gasteiger partial charge in [-0.25, -0.2) is 4.98 Å². The fraction of sp³-hybridized carbons (Fsp3) is 0. The molecule has 0 atom stereocenters. The van der Waals surface area contributed by atoms with Gasteiger partial charge in [-0.3, -0.25) is 0 Å². The van der Waals surface area contributed by atoms with Gasteiger partial charge >= 0.3 is 0 Å². The van der Waals surface area contributed by atoms with Crippen LogP contribution in [-0.2, 0) is 0 Å². The number of nitrogens with zero attached hydrogens (tertiary/aromatic N) is 4. The Morgan fingerprint density at radius 1 is 1.20 bits per heavy atom. The normalized spacial score (nSPS) is 10.7. The highest BCUT2D eigenvalue weighted by molar-refractivity contribution is 5.74. The highest BCUT2D eigenvalue weighted by Gasteiger charge is 2.00. The van der Waals surface area contributed by atoms with Gasteiger partial charge in [0.25, 0.3) is 0 Å². The molecule has 0 aliphatic carbocycles. The lowest BCUT2D eigenvalue weighted by Crippen LogP contribution is -1.97. The van der Waals surface area contributed by atoms with Crippen LogP contribution in [0.25, 0.3) is 11.3 Å². The molecule has 0 fully saturated rings. The van der Waals surface area contributed by atoms with E-state index in [4.69, 9.17) is 5.21 Å². The smallest absolute Gasteiger partial charge is 0.196 e. The van der Waals surface area contributed by atoms with E-state index in [2.05, 4.69) is 20.3 Å². The highest BCUT2D eigenvalue weighted by Crippen LogP contribution is 2.13. The Balaban J connectivity index is 2.41. The van der Waals surface area contributed by atoms with Crippen molar-refractivity contribution in [1.29, 1.82) is 0 Å². The Hall–Kier alpha value is -2.30. The van der Waals surface area contributed by atoms with Crippen LogP contribution in [0.3, 0.4) is 0 Å². The van der Waals surface area contributed by atoms with Gasteiger partial charge in [0.15, 0.2) is 5.82 Å². The molecular formula is C10H8N4O. The van der Waals surface area contributed by atoms with Gasteiger partial charge in [-0.05, 0) is 0 Å². The van der Waals surface area contributed by atoms with E-state index < -0.39 is 0 Å². The molecule has 0 bridgehead atoms. The molecule has 15 heavy (non-hydrogen) atoms. The molecule has 0 aliphatic heterocycles. The molecule has 5 heteroatoms. The third kappa shape index (κ3) is 2.14. The van der Waals surface area contributed by atoms with Crippen LogP contribution >= 0.6 is 0 Å². The number of benzene rings is 1. The SMILES string of the molecule is ON=Cc1nncc(-c2ccccc2)n1. The molecule has 74 valence electrons. The Kier molecular flexibility index (Phi) is 2.64. The van der Waals surface area contributed by atoms with E-state index in [0.717, 1.165) is 11.8 Å². The zero-order valence-electron chi connectivity index (χ0n) is 7.78.